The number of amides is 2. The van der Waals surface area contributed by atoms with Crippen molar-refractivity contribution in [2.75, 3.05) is 6.54 Å². The highest BCUT2D eigenvalue weighted by Crippen LogP contribution is 2.17. The molecule has 2 amide bonds. The summed E-state index contributed by atoms with van der Waals surface area (Å²) in [6.07, 6.45) is 2.49. The molecule has 1 atom stereocenters. The Morgan fingerprint density at radius 2 is 2.09 bits per heavy atom. The van der Waals surface area contributed by atoms with Crippen molar-refractivity contribution in [2.24, 2.45) is 0 Å². The number of benzene rings is 1. The molecule has 0 saturated heterocycles. The number of halogens is 1. The first-order valence-electron chi connectivity index (χ1n) is 7.41. The molecule has 3 rings (SSSR count). The maximum absolute atomic E-state index is 12.5. The highest BCUT2D eigenvalue weighted by Gasteiger charge is 2.26. The van der Waals surface area contributed by atoms with Crippen molar-refractivity contribution in [1.29, 1.82) is 0 Å². The number of nitrogens with zero attached hydrogens (tertiary/aromatic N) is 2. The van der Waals surface area contributed by atoms with E-state index in [0.29, 0.717) is 23.7 Å². The molecule has 23 heavy (non-hydrogen) atoms. The fourth-order valence-electron chi connectivity index (χ4n) is 2.63. The minimum absolute atomic E-state index is 0.0980. The molecule has 2 aromatic rings. The van der Waals surface area contributed by atoms with E-state index in [2.05, 4.69) is 15.5 Å². The molecule has 1 unspecified atom stereocenters. The highest BCUT2D eigenvalue weighted by atomic mass is 35.5. The van der Waals surface area contributed by atoms with Crippen molar-refractivity contribution in [3.8, 4) is 0 Å². The van der Waals surface area contributed by atoms with Gasteiger partial charge < -0.3 is 10.2 Å². The van der Waals surface area contributed by atoms with Gasteiger partial charge in [-0.15, -0.1) is 0 Å². The Balaban J connectivity index is 1.62. The molecule has 120 valence electrons. The van der Waals surface area contributed by atoms with Crippen LogP contribution in [0.3, 0.4) is 0 Å². The van der Waals surface area contributed by atoms with Gasteiger partial charge in [-0.05, 0) is 31.2 Å². The van der Waals surface area contributed by atoms with E-state index in [-0.39, 0.29) is 11.8 Å². The van der Waals surface area contributed by atoms with Crippen LogP contribution in [-0.4, -0.2) is 39.5 Å². The maximum atomic E-state index is 12.5. The number of H-pyrrole nitrogens is 1. The molecule has 1 aromatic carbocycles. The van der Waals surface area contributed by atoms with E-state index in [0.717, 1.165) is 17.7 Å². The lowest BCUT2D eigenvalue weighted by Gasteiger charge is -2.29. The summed E-state index contributed by atoms with van der Waals surface area (Å²) in [7, 11) is 0. The monoisotopic (exact) mass is 332 g/mol. The Morgan fingerprint density at radius 3 is 2.83 bits per heavy atom. The average molecular weight is 333 g/mol. The predicted octanol–water partition coefficient (Wildman–Crippen LogP) is 1.77. The van der Waals surface area contributed by atoms with Crippen molar-refractivity contribution in [3.05, 3.63) is 52.3 Å². The molecule has 6 nitrogen and oxygen atoms in total. The molecular weight excluding hydrogens is 316 g/mol. The van der Waals surface area contributed by atoms with Crippen LogP contribution in [0.25, 0.3) is 0 Å². The topological polar surface area (TPSA) is 78.1 Å². The fourth-order valence-corrected chi connectivity index (χ4v) is 2.75. The van der Waals surface area contributed by atoms with Crippen LogP contribution in [0, 0.1) is 0 Å². The summed E-state index contributed by atoms with van der Waals surface area (Å²) in [6.45, 7) is 2.84. The second kappa shape index (κ2) is 6.42. The van der Waals surface area contributed by atoms with Gasteiger partial charge in [-0.2, -0.15) is 5.10 Å². The Bertz CT molecular complexity index is 726. The molecular formula is C16H17ClN4O2. The number of hydrogen-bond acceptors (Lipinski definition) is 3. The minimum atomic E-state index is -0.591. The summed E-state index contributed by atoms with van der Waals surface area (Å²) in [5, 5.41) is 10.2. The third-order valence-corrected chi connectivity index (χ3v) is 4.19. The molecule has 1 aliphatic rings. The van der Waals surface area contributed by atoms with E-state index in [1.807, 2.05) is 0 Å². The van der Waals surface area contributed by atoms with Crippen LogP contribution in [0.15, 0.2) is 30.5 Å². The molecule has 2 N–H and O–H groups in total. The first-order chi connectivity index (χ1) is 11.0. The Morgan fingerprint density at radius 1 is 1.35 bits per heavy atom. The number of carbonyl (C=O) groups is 2. The Kier molecular flexibility index (Phi) is 4.34. The Labute approximate surface area is 138 Å². The van der Waals surface area contributed by atoms with E-state index in [4.69, 9.17) is 11.6 Å². The molecule has 0 bridgehead atoms. The zero-order chi connectivity index (χ0) is 16.4. The van der Waals surface area contributed by atoms with Crippen LogP contribution >= 0.6 is 11.6 Å². The lowest BCUT2D eigenvalue weighted by atomic mass is 10.1. The fraction of sp³-hybridized carbons (Fsp3) is 0.312. The second-order valence-corrected chi connectivity index (χ2v) is 6.02. The summed E-state index contributed by atoms with van der Waals surface area (Å²) >= 11 is 5.81. The lowest BCUT2D eigenvalue weighted by molar-refractivity contribution is -0.133. The van der Waals surface area contributed by atoms with Crippen molar-refractivity contribution in [1.82, 2.24) is 20.4 Å². The lowest BCUT2D eigenvalue weighted by Crippen LogP contribution is -2.48. The average Bonchev–Trinajstić information content (AvgIpc) is 3.02. The van der Waals surface area contributed by atoms with Crippen LogP contribution in [0.5, 0.6) is 0 Å². The molecule has 1 aliphatic heterocycles. The number of aromatic nitrogens is 2. The zero-order valence-electron chi connectivity index (χ0n) is 12.7. The summed E-state index contributed by atoms with van der Waals surface area (Å²) in [5.74, 6) is -0.386. The van der Waals surface area contributed by atoms with E-state index in [9.17, 15) is 9.59 Å². The number of hydrogen-bond donors (Lipinski definition) is 2. The van der Waals surface area contributed by atoms with Crippen LogP contribution < -0.4 is 5.32 Å². The van der Waals surface area contributed by atoms with Gasteiger partial charge in [-0.3, -0.25) is 14.7 Å². The molecule has 2 heterocycles. The van der Waals surface area contributed by atoms with Crippen LogP contribution in [-0.2, 0) is 17.8 Å². The van der Waals surface area contributed by atoms with Crippen LogP contribution in [0.1, 0.15) is 28.5 Å². The molecule has 0 saturated carbocycles. The van der Waals surface area contributed by atoms with Crippen molar-refractivity contribution in [2.45, 2.75) is 25.9 Å². The SMILES string of the molecule is CC(NC(=O)c1ccc(Cl)cc1)C(=O)N1CCc2[nH]ncc2C1. The van der Waals surface area contributed by atoms with Crippen molar-refractivity contribution < 1.29 is 9.59 Å². The van der Waals surface area contributed by atoms with Crippen LogP contribution in [0.4, 0.5) is 0 Å². The number of carbonyl (C=O) groups excluding carboxylic acids is 2. The van der Waals surface area contributed by atoms with Gasteiger partial charge in [0.15, 0.2) is 0 Å². The van der Waals surface area contributed by atoms with Crippen LogP contribution in [0.2, 0.25) is 5.02 Å². The first-order valence-corrected chi connectivity index (χ1v) is 7.78. The number of aromatic amines is 1. The van der Waals surface area contributed by atoms with Gasteiger partial charge in [-0.1, -0.05) is 11.6 Å². The van der Waals surface area contributed by atoms with Gasteiger partial charge in [0, 0.05) is 41.4 Å². The standard InChI is InChI=1S/C16H17ClN4O2/c1-10(19-15(22)11-2-4-13(17)5-3-11)16(23)21-7-6-14-12(9-21)8-18-20-14/h2-5,8,10H,6-7,9H2,1H3,(H,18,20)(H,19,22). The second-order valence-electron chi connectivity index (χ2n) is 5.59. The third kappa shape index (κ3) is 3.37. The molecule has 1 aromatic heterocycles. The summed E-state index contributed by atoms with van der Waals surface area (Å²) in [4.78, 5) is 26.4. The van der Waals surface area contributed by atoms with Gasteiger partial charge in [-0.25, -0.2) is 0 Å². The van der Waals surface area contributed by atoms with E-state index in [1.54, 1.807) is 42.3 Å². The zero-order valence-corrected chi connectivity index (χ0v) is 13.4. The number of fused-ring (bicyclic) bond motifs is 1. The van der Waals surface area contributed by atoms with E-state index in [1.165, 1.54) is 0 Å². The number of nitrogens with one attached hydrogen (secondary N) is 2. The van der Waals surface area contributed by atoms with Crippen molar-refractivity contribution >= 4 is 23.4 Å². The van der Waals surface area contributed by atoms with Crippen molar-refractivity contribution in [3.63, 3.8) is 0 Å². The predicted molar refractivity (Wildman–Crippen MR) is 86.1 cm³/mol. The van der Waals surface area contributed by atoms with Gasteiger partial charge in [0.05, 0.1) is 6.20 Å². The van der Waals surface area contributed by atoms with E-state index < -0.39 is 6.04 Å². The summed E-state index contributed by atoms with van der Waals surface area (Å²) in [6, 6.07) is 5.97. The summed E-state index contributed by atoms with van der Waals surface area (Å²) in [5.41, 5.74) is 2.58. The third-order valence-electron chi connectivity index (χ3n) is 3.94. The first kappa shape index (κ1) is 15.6. The summed E-state index contributed by atoms with van der Waals surface area (Å²) < 4.78 is 0. The Hall–Kier alpha value is -2.34. The molecule has 7 heteroatoms. The molecule has 0 spiro atoms. The molecule has 0 fully saturated rings. The van der Waals surface area contributed by atoms with Gasteiger partial charge >= 0.3 is 0 Å². The van der Waals surface area contributed by atoms with Gasteiger partial charge in [0.25, 0.3) is 5.91 Å². The maximum Gasteiger partial charge on any atom is 0.251 e. The molecule has 0 radical (unpaired) electrons. The molecule has 0 aliphatic carbocycles. The number of rotatable bonds is 3. The van der Waals surface area contributed by atoms with E-state index >= 15 is 0 Å². The largest absolute Gasteiger partial charge is 0.341 e. The quantitative estimate of drug-likeness (QED) is 0.899. The smallest absolute Gasteiger partial charge is 0.251 e. The minimum Gasteiger partial charge on any atom is -0.341 e. The van der Waals surface area contributed by atoms with Gasteiger partial charge in [0.1, 0.15) is 6.04 Å². The normalized spacial score (nSPS) is 15.0. The van der Waals surface area contributed by atoms with Gasteiger partial charge in [0.2, 0.25) is 5.91 Å². The highest BCUT2D eigenvalue weighted by molar-refractivity contribution is 6.30.